The summed E-state index contributed by atoms with van der Waals surface area (Å²) >= 11 is 0. The second-order valence-electron chi connectivity index (χ2n) is 2.46. The maximum Gasteiger partial charge on any atom is 0.134 e. The SMILES string of the molecule is Cc1cc(C(O)CCN)no1. The van der Waals surface area contributed by atoms with Gasteiger partial charge in [-0.25, -0.2) is 0 Å². The number of nitrogens with zero attached hydrogens (tertiary/aromatic N) is 1. The largest absolute Gasteiger partial charge is 0.387 e. The number of rotatable bonds is 3. The van der Waals surface area contributed by atoms with E-state index in [2.05, 4.69) is 5.16 Å². The summed E-state index contributed by atoms with van der Waals surface area (Å²) in [5, 5.41) is 13.0. The van der Waals surface area contributed by atoms with Crippen LogP contribution in [0, 0.1) is 6.92 Å². The van der Waals surface area contributed by atoms with Crippen LogP contribution in [0.25, 0.3) is 0 Å². The number of aromatic nitrogens is 1. The normalized spacial score (nSPS) is 13.4. The molecule has 1 rings (SSSR count). The molecule has 0 amide bonds. The Morgan fingerprint density at radius 1 is 1.82 bits per heavy atom. The van der Waals surface area contributed by atoms with Gasteiger partial charge in [0, 0.05) is 6.07 Å². The zero-order valence-corrected chi connectivity index (χ0v) is 6.45. The molecule has 0 aliphatic carbocycles. The third kappa shape index (κ3) is 2.03. The van der Waals surface area contributed by atoms with Gasteiger partial charge >= 0.3 is 0 Å². The molecule has 0 radical (unpaired) electrons. The monoisotopic (exact) mass is 156 g/mol. The average molecular weight is 156 g/mol. The van der Waals surface area contributed by atoms with Gasteiger partial charge < -0.3 is 15.4 Å². The van der Waals surface area contributed by atoms with Crippen molar-refractivity contribution in [3.63, 3.8) is 0 Å². The molecular weight excluding hydrogens is 144 g/mol. The van der Waals surface area contributed by atoms with Crippen LogP contribution in [0.5, 0.6) is 0 Å². The molecule has 0 spiro atoms. The van der Waals surface area contributed by atoms with Crippen molar-refractivity contribution in [2.75, 3.05) is 6.54 Å². The van der Waals surface area contributed by atoms with E-state index in [4.69, 9.17) is 10.3 Å². The first-order valence-corrected chi connectivity index (χ1v) is 3.55. The molecule has 0 bridgehead atoms. The van der Waals surface area contributed by atoms with Crippen LogP contribution in [0.15, 0.2) is 10.6 Å². The number of aliphatic hydroxyl groups is 1. The van der Waals surface area contributed by atoms with Crippen LogP contribution in [0.4, 0.5) is 0 Å². The molecule has 0 aliphatic heterocycles. The number of hydrogen-bond donors (Lipinski definition) is 2. The molecule has 11 heavy (non-hydrogen) atoms. The molecule has 1 unspecified atom stereocenters. The van der Waals surface area contributed by atoms with Gasteiger partial charge in [-0.05, 0) is 19.9 Å². The standard InChI is InChI=1S/C7H12N2O2/c1-5-4-6(9-11-5)7(10)2-3-8/h4,7,10H,2-3,8H2,1H3. The van der Waals surface area contributed by atoms with Crippen molar-refractivity contribution in [1.82, 2.24) is 5.16 Å². The van der Waals surface area contributed by atoms with Crippen LogP contribution in [-0.4, -0.2) is 16.8 Å². The van der Waals surface area contributed by atoms with Crippen molar-refractivity contribution in [2.24, 2.45) is 5.73 Å². The average Bonchev–Trinajstić information content (AvgIpc) is 2.36. The minimum Gasteiger partial charge on any atom is -0.387 e. The molecule has 4 nitrogen and oxygen atoms in total. The van der Waals surface area contributed by atoms with Crippen molar-refractivity contribution in [3.8, 4) is 0 Å². The molecule has 0 saturated heterocycles. The Balaban J connectivity index is 2.60. The Kier molecular flexibility index (Phi) is 2.62. The highest BCUT2D eigenvalue weighted by Gasteiger charge is 2.10. The van der Waals surface area contributed by atoms with Gasteiger partial charge in [-0.15, -0.1) is 0 Å². The van der Waals surface area contributed by atoms with Gasteiger partial charge in [0.05, 0.1) is 0 Å². The quantitative estimate of drug-likeness (QED) is 0.663. The summed E-state index contributed by atoms with van der Waals surface area (Å²) in [5.41, 5.74) is 5.82. The lowest BCUT2D eigenvalue weighted by molar-refractivity contribution is 0.160. The highest BCUT2D eigenvalue weighted by atomic mass is 16.5. The number of aryl methyl sites for hydroxylation is 1. The maximum absolute atomic E-state index is 9.33. The minimum absolute atomic E-state index is 0.451. The van der Waals surface area contributed by atoms with Crippen molar-refractivity contribution in [1.29, 1.82) is 0 Å². The molecule has 1 aromatic heterocycles. The highest BCUT2D eigenvalue weighted by Crippen LogP contribution is 2.14. The van der Waals surface area contributed by atoms with Crippen LogP contribution in [-0.2, 0) is 0 Å². The first-order chi connectivity index (χ1) is 5.24. The summed E-state index contributed by atoms with van der Waals surface area (Å²) < 4.78 is 4.78. The number of hydrogen-bond acceptors (Lipinski definition) is 4. The van der Waals surface area contributed by atoms with E-state index >= 15 is 0 Å². The fourth-order valence-corrected chi connectivity index (χ4v) is 0.848. The van der Waals surface area contributed by atoms with Gasteiger partial charge in [0.25, 0.3) is 0 Å². The van der Waals surface area contributed by atoms with E-state index in [9.17, 15) is 5.11 Å². The lowest BCUT2D eigenvalue weighted by Crippen LogP contribution is -2.06. The zero-order valence-electron chi connectivity index (χ0n) is 6.45. The van der Waals surface area contributed by atoms with Crippen LogP contribution >= 0.6 is 0 Å². The zero-order chi connectivity index (χ0) is 8.27. The summed E-state index contributed by atoms with van der Waals surface area (Å²) in [6.45, 7) is 2.23. The Bertz CT molecular complexity index is 222. The molecule has 0 saturated carbocycles. The van der Waals surface area contributed by atoms with Gasteiger partial charge in [0.1, 0.15) is 17.6 Å². The predicted molar refractivity (Wildman–Crippen MR) is 39.9 cm³/mol. The lowest BCUT2D eigenvalue weighted by Gasteiger charge is -2.02. The van der Waals surface area contributed by atoms with E-state index in [0.29, 0.717) is 24.4 Å². The molecule has 62 valence electrons. The number of aliphatic hydroxyl groups excluding tert-OH is 1. The molecule has 0 aromatic carbocycles. The second kappa shape index (κ2) is 3.50. The van der Waals surface area contributed by atoms with E-state index < -0.39 is 6.10 Å². The Labute approximate surface area is 65.0 Å². The number of nitrogens with two attached hydrogens (primary N) is 1. The molecule has 4 heteroatoms. The third-order valence-electron chi connectivity index (χ3n) is 1.43. The van der Waals surface area contributed by atoms with Crippen molar-refractivity contribution < 1.29 is 9.63 Å². The van der Waals surface area contributed by atoms with Gasteiger partial charge in [0.15, 0.2) is 0 Å². The van der Waals surface area contributed by atoms with Gasteiger partial charge in [-0.3, -0.25) is 0 Å². The van der Waals surface area contributed by atoms with Gasteiger partial charge in [-0.2, -0.15) is 0 Å². The van der Waals surface area contributed by atoms with Gasteiger partial charge in [0.2, 0.25) is 0 Å². The molecule has 0 aliphatic rings. The highest BCUT2D eigenvalue weighted by molar-refractivity contribution is 5.06. The topological polar surface area (TPSA) is 72.3 Å². The van der Waals surface area contributed by atoms with E-state index in [1.807, 2.05) is 0 Å². The Morgan fingerprint density at radius 2 is 2.55 bits per heavy atom. The summed E-state index contributed by atoms with van der Waals surface area (Å²) in [4.78, 5) is 0. The second-order valence-corrected chi connectivity index (χ2v) is 2.46. The van der Waals surface area contributed by atoms with E-state index in [0.717, 1.165) is 0 Å². The summed E-state index contributed by atoms with van der Waals surface area (Å²) in [6, 6.07) is 1.71. The van der Waals surface area contributed by atoms with Crippen LogP contribution < -0.4 is 5.73 Å². The minimum atomic E-state index is -0.586. The fourth-order valence-electron chi connectivity index (χ4n) is 0.848. The first kappa shape index (κ1) is 8.23. The predicted octanol–water partition coefficient (Wildman–Crippen LogP) is 0.365. The van der Waals surface area contributed by atoms with Crippen molar-refractivity contribution in [3.05, 3.63) is 17.5 Å². The van der Waals surface area contributed by atoms with Crippen molar-refractivity contribution in [2.45, 2.75) is 19.4 Å². The van der Waals surface area contributed by atoms with E-state index in [-0.39, 0.29) is 0 Å². The molecular formula is C7H12N2O2. The fraction of sp³-hybridized carbons (Fsp3) is 0.571. The smallest absolute Gasteiger partial charge is 0.134 e. The Morgan fingerprint density at radius 3 is 3.00 bits per heavy atom. The molecule has 0 fully saturated rings. The van der Waals surface area contributed by atoms with Crippen LogP contribution in [0.2, 0.25) is 0 Å². The summed E-state index contributed by atoms with van der Waals surface area (Å²) in [7, 11) is 0. The third-order valence-corrected chi connectivity index (χ3v) is 1.43. The first-order valence-electron chi connectivity index (χ1n) is 3.55. The molecule has 3 N–H and O–H groups in total. The van der Waals surface area contributed by atoms with Crippen LogP contribution in [0.3, 0.4) is 0 Å². The summed E-state index contributed by atoms with van der Waals surface area (Å²) in [6.07, 6.45) is -0.0659. The van der Waals surface area contributed by atoms with Crippen LogP contribution in [0.1, 0.15) is 24.0 Å². The summed E-state index contributed by atoms with van der Waals surface area (Å²) in [5.74, 6) is 0.705. The lowest BCUT2D eigenvalue weighted by atomic mass is 10.2. The van der Waals surface area contributed by atoms with Crippen molar-refractivity contribution >= 4 is 0 Å². The van der Waals surface area contributed by atoms with E-state index in [1.165, 1.54) is 0 Å². The molecule has 1 heterocycles. The molecule has 1 aromatic rings. The van der Waals surface area contributed by atoms with E-state index in [1.54, 1.807) is 13.0 Å². The maximum atomic E-state index is 9.33. The van der Waals surface area contributed by atoms with Gasteiger partial charge in [-0.1, -0.05) is 5.16 Å². The Hall–Kier alpha value is -0.870. The molecule has 1 atom stereocenters.